The molecule has 0 bridgehead atoms. The van der Waals surface area contributed by atoms with Gasteiger partial charge in [-0.2, -0.15) is 0 Å². The first-order chi connectivity index (χ1) is 10.7. The summed E-state index contributed by atoms with van der Waals surface area (Å²) in [5.74, 6) is 1.07. The van der Waals surface area contributed by atoms with Gasteiger partial charge in [-0.1, -0.05) is 0 Å². The fourth-order valence-electron chi connectivity index (χ4n) is 3.01. The molecule has 2 aliphatic rings. The highest BCUT2D eigenvalue weighted by atomic mass is 16.6. The Balaban J connectivity index is 1.60. The molecule has 0 saturated carbocycles. The van der Waals surface area contributed by atoms with Crippen molar-refractivity contribution in [2.24, 2.45) is 4.99 Å². The van der Waals surface area contributed by atoms with Crippen LogP contribution in [0.15, 0.2) is 23.3 Å². The number of aromatic nitrogens is 1. The van der Waals surface area contributed by atoms with E-state index in [2.05, 4.69) is 16.0 Å². The van der Waals surface area contributed by atoms with E-state index in [1.807, 2.05) is 26.2 Å². The zero-order valence-electron chi connectivity index (χ0n) is 13.2. The van der Waals surface area contributed by atoms with Crippen LogP contribution in [0.25, 0.3) is 0 Å². The lowest BCUT2D eigenvalue weighted by atomic mass is 10.1. The van der Waals surface area contributed by atoms with Crippen LogP contribution in [0.2, 0.25) is 0 Å². The lowest BCUT2D eigenvalue weighted by Gasteiger charge is -2.30. The molecule has 3 heterocycles. The maximum Gasteiger partial charge on any atom is 0.409 e. The maximum atomic E-state index is 11.7. The summed E-state index contributed by atoms with van der Waals surface area (Å²) in [6.07, 6.45) is 4.20. The number of rotatable bonds is 2. The molecule has 2 aliphatic heterocycles. The second-order valence-electron chi connectivity index (χ2n) is 5.67. The number of fused-ring (bicyclic) bond motifs is 1. The minimum Gasteiger partial charge on any atom is -0.450 e. The van der Waals surface area contributed by atoms with Crippen LogP contribution in [0, 0.1) is 0 Å². The Labute approximate surface area is 130 Å². The molecule has 1 aromatic rings. The van der Waals surface area contributed by atoms with E-state index in [1.165, 1.54) is 0 Å². The zero-order valence-corrected chi connectivity index (χ0v) is 13.2. The SMILES string of the molecule is CCOC(=O)N1CCC(N=C2Cc3ncccc3N2C)CC1. The predicted octanol–water partition coefficient (Wildman–Crippen LogP) is 2.09. The topological polar surface area (TPSA) is 58.0 Å². The minimum atomic E-state index is -0.205. The van der Waals surface area contributed by atoms with E-state index < -0.39 is 0 Å². The van der Waals surface area contributed by atoms with Gasteiger partial charge < -0.3 is 14.5 Å². The molecule has 6 heteroatoms. The number of likely N-dealkylation sites (N-methyl/N-ethyl adjacent to an activating group) is 1. The van der Waals surface area contributed by atoms with Crippen LogP contribution in [-0.4, -0.2) is 54.6 Å². The highest BCUT2D eigenvalue weighted by Crippen LogP contribution is 2.27. The van der Waals surface area contributed by atoms with Gasteiger partial charge in [0.15, 0.2) is 0 Å². The first kappa shape index (κ1) is 14.8. The number of likely N-dealkylation sites (tertiary alicyclic amines) is 1. The van der Waals surface area contributed by atoms with Gasteiger partial charge in [-0.05, 0) is 31.9 Å². The van der Waals surface area contributed by atoms with Crippen molar-refractivity contribution in [2.45, 2.75) is 32.2 Å². The Bertz CT molecular complexity index is 579. The van der Waals surface area contributed by atoms with Crippen LogP contribution >= 0.6 is 0 Å². The standard InChI is InChI=1S/C16H22N4O2/c1-3-22-16(21)20-9-6-12(7-10-20)18-15-11-13-14(19(15)2)5-4-8-17-13/h4-5,8,12H,3,6-7,9-11H2,1-2H3. The molecular formula is C16H22N4O2. The van der Waals surface area contributed by atoms with Crippen LogP contribution < -0.4 is 4.90 Å². The van der Waals surface area contributed by atoms with E-state index >= 15 is 0 Å². The number of hydrogen-bond acceptors (Lipinski definition) is 4. The van der Waals surface area contributed by atoms with Gasteiger partial charge >= 0.3 is 6.09 Å². The largest absolute Gasteiger partial charge is 0.450 e. The molecule has 0 atom stereocenters. The summed E-state index contributed by atoms with van der Waals surface area (Å²) >= 11 is 0. The third-order valence-electron chi connectivity index (χ3n) is 4.26. The Kier molecular flexibility index (Phi) is 4.27. The van der Waals surface area contributed by atoms with Crippen molar-refractivity contribution in [2.75, 3.05) is 31.6 Å². The lowest BCUT2D eigenvalue weighted by molar-refractivity contribution is 0.0975. The van der Waals surface area contributed by atoms with Crippen LogP contribution in [0.4, 0.5) is 10.5 Å². The van der Waals surface area contributed by atoms with Crippen molar-refractivity contribution in [1.29, 1.82) is 0 Å². The molecule has 3 rings (SSSR count). The molecule has 0 spiro atoms. The average Bonchev–Trinajstić information content (AvgIpc) is 2.85. The molecule has 118 valence electrons. The van der Waals surface area contributed by atoms with Gasteiger partial charge in [0.05, 0.1) is 24.0 Å². The van der Waals surface area contributed by atoms with Crippen molar-refractivity contribution in [3.8, 4) is 0 Å². The first-order valence-corrected chi connectivity index (χ1v) is 7.85. The molecule has 1 fully saturated rings. The fourth-order valence-corrected chi connectivity index (χ4v) is 3.01. The number of ether oxygens (including phenoxy) is 1. The predicted molar refractivity (Wildman–Crippen MR) is 85.4 cm³/mol. The number of anilines is 1. The number of hydrogen-bond donors (Lipinski definition) is 0. The average molecular weight is 302 g/mol. The van der Waals surface area contributed by atoms with Gasteiger partial charge in [0, 0.05) is 32.8 Å². The normalized spacial score (nSPS) is 20.4. The Morgan fingerprint density at radius 2 is 2.23 bits per heavy atom. The summed E-state index contributed by atoms with van der Waals surface area (Å²) in [5, 5.41) is 0. The molecule has 6 nitrogen and oxygen atoms in total. The molecule has 0 radical (unpaired) electrons. The van der Waals surface area contributed by atoms with Gasteiger partial charge in [0.25, 0.3) is 0 Å². The Morgan fingerprint density at radius 1 is 1.45 bits per heavy atom. The Hall–Kier alpha value is -2.11. The third-order valence-corrected chi connectivity index (χ3v) is 4.26. The van der Waals surface area contributed by atoms with Gasteiger partial charge in [-0.3, -0.25) is 9.98 Å². The Morgan fingerprint density at radius 3 is 2.91 bits per heavy atom. The summed E-state index contributed by atoms with van der Waals surface area (Å²) in [7, 11) is 2.04. The number of amides is 1. The van der Waals surface area contributed by atoms with Crippen molar-refractivity contribution >= 4 is 17.6 Å². The van der Waals surface area contributed by atoms with E-state index in [9.17, 15) is 4.79 Å². The number of carbonyl (C=O) groups is 1. The van der Waals surface area contributed by atoms with E-state index in [1.54, 1.807) is 4.90 Å². The smallest absolute Gasteiger partial charge is 0.409 e. The molecule has 0 aliphatic carbocycles. The molecule has 0 unspecified atom stereocenters. The van der Waals surface area contributed by atoms with E-state index in [4.69, 9.17) is 9.73 Å². The summed E-state index contributed by atoms with van der Waals surface area (Å²) in [4.78, 5) is 24.9. The fraction of sp³-hybridized carbons (Fsp3) is 0.562. The molecule has 0 N–H and O–H groups in total. The molecular weight excluding hydrogens is 280 g/mol. The first-order valence-electron chi connectivity index (χ1n) is 7.85. The minimum absolute atomic E-state index is 0.205. The van der Waals surface area contributed by atoms with Crippen LogP contribution in [-0.2, 0) is 11.2 Å². The second kappa shape index (κ2) is 6.34. The van der Waals surface area contributed by atoms with Crippen LogP contribution in [0.5, 0.6) is 0 Å². The number of pyridine rings is 1. The van der Waals surface area contributed by atoms with Gasteiger partial charge in [-0.15, -0.1) is 0 Å². The summed E-state index contributed by atoms with van der Waals surface area (Å²) in [6, 6.07) is 4.31. The van der Waals surface area contributed by atoms with Crippen molar-refractivity contribution in [1.82, 2.24) is 9.88 Å². The highest BCUT2D eigenvalue weighted by molar-refractivity contribution is 6.04. The van der Waals surface area contributed by atoms with E-state index in [0.29, 0.717) is 6.61 Å². The van der Waals surface area contributed by atoms with Crippen LogP contribution in [0.1, 0.15) is 25.5 Å². The van der Waals surface area contributed by atoms with Crippen molar-refractivity contribution in [3.05, 3.63) is 24.0 Å². The number of piperidine rings is 1. The number of amidine groups is 1. The number of nitrogens with zero attached hydrogens (tertiary/aromatic N) is 4. The summed E-state index contributed by atoms with van der Waals surface area (Å²) < 4.78 is 5.04. The summed E-state index contributed by atoms with van der Waals surface area (Å²) in [6.45, 7) is 3.69. The van der Waals surface area contributed by atoms with Gasteiger partial charge in [0.2, 0.25) is 0 Å². The molecule has 1 amide bonds. The molecule has 1 aromatic heterocycles. The summed E-state index contributed by atoms with van der Waals surface area (Å²) in [5.41, 5.74) is 2.23. The second-order valence-corrected chi connectivity index (χ2v) is 5.67. The van der Waals surface area contributed by atoms with Crippen molar-refractivity contribution < 1.29 is 9.53 Å². The number of carbonyl (C=O) groups excluding carboxylic acids is 1. The molecule has 0 aromatic carbocycles. The van der Waals surface area contributed by atoms with Gasteiger partial charge in [-0.25, -0.2) is 4.79 Å². The monoisotopic (exact) mass is 302 g/mol. The maximum absolute atomic E-state index is 11.7. The third kappa shape index (κ3) is 2.91. The van der Waals surface area contributed by atoms with Gasteiger partial charge in [0.1, 0.15) is 5.84 Å². The number of aliphatic imine (C=N–C) groups is 1. The van der Waals surface area contributed by atoms with E-state index in [0.717, 1.165) is 49.6 Å². The molecule has 22 heavy (non-hydrogen) atoms. The lowest BCUT2D eigenvalue weighted by Crippen LogP contribution is -2.40. The van der Waals surface area contributed by atoms with Crippen molar-refractivity contribution in [3.63, 3.8) is 0 Å². The molecule has 1 saturated heterocycles. The van der Waals surface area contributed by atoms with Crippen LogP contribution in [0.3, 0.4) is 0 Å². The quantitative estimate of drug-likeness (QED) is 0.839. The van der Waals surface area contributed by atoms with E-state index in [-0.39, 0.29) is 12.1 Å². The zero-order chi connectivity index (χ0) is 15.5. The highest BCUT2D eigenvalue weighted by Gasteiger charge is 2.27.